The zero-order valence-corrected chi connectivity index (χ0v) is 31.9. The Labute approximate surface area is 321 Å². The number of amides is 4. The number of carbonyl (C=O) groups excluding carboxylic acids is 4. The second kappa shape index (κ2) is 14.6. The number of nitrogens with zero attached hydrogens (tertiary/aromatic N) is 3. The Morgan fingerprint density at radius 2 is 1.77 bits per heavy atom. The number of aromatic nitrogens is 2. The fourth-order valence-corrected chi connectivity index (χ4v) is 8.54. The van der Waals surface area contributed by atoms with Gasteiger partial charge in [-0.15, -0.1) is 6.58 Å². The van der Waals surface area contributed by atoms with E-state index in [0.717, 1.165) is 11.0 Å². The van der Waals surface area contributed by atoms with Gasteiger partial charge >= 0.3 is 12.0 Å². The highest BCUT2D eigenvalue weighted by molar-refractivity contribution is 7.91. The average molecular weight is 803 g/mol. The van der Waals surface area contributed by atoms with Gasteiger partial charge in [0, 0.05) is 12.3 Å². The van der Waals surface area contributed by atoms with E-state index >= 15 is 8.78 Å². The molecule has 0 radical (unpaired) electrons. The summed E-state index contributed by atoms with van der Waals surface area (Å²) in [7, 11) is -3.98. The first-order valence-electron chi connectivity index (χ1n) is 18.4. The maximum Gasteiger partial charge on any atom is 0.408 e. The molecule has 19 heteroatoms. The highest BCUT2D eigenvalue weighted by Gasteiger charge is 2.62. The molecule has 2 aromatic rings. The molecule has 2 aliphatic carbocycles. The fourth-order valence-electron chi connectivity index (χ4n) is 7.17. The second-order valence-corrected chi connectivity index (χ2v) is 17.8. The highest BCUT2D eigenvalue weighted by Crippen LogP contribution is 2.46. The molecule has 3 N–H and O–H groups in total. The van der Waals surface area contributed by atoms with E-state index in [-0.39, 0.29) is 50.2 Å². The third-order valence-corrected chi connectivity index (χ3v) is 12.4. The third-order valence-electron chi connectivity index (χ3n) is 10.6. The van der Waals surface area contributed by atoms with Gasteiger partial charge in [0.2, 0.25) is 27.7 Å². The van der Waals surface area contributed by atoms with Crippen molar-refractivity contribution in [3.05, 3.63) is 54.8 Å². The van der Waals surface area contributed by atoms with Crippen LogP contribution in [0.1, 0.15) is 52.1 Å². The van der Waals surface area contributed by atoms with Crippen LogP contribution in [0.3, 0.4) is 0 Å². The normalized spacial score (nSPS) is 31.3. The molecule has 5 aliphatic rings. The smallest absolute Gasteiger partial charge is 0.408 e. The predicted molar refractivity (Wildman–Crippen MR) is 194 cm³/mol. The van der Waals surface area contributed by atoms with Crippen LogP contribution in [0, 0.1) is 11.3 Å². The molecule has 2 bridgehead atoms. The van der Waals surface area contributed by atoms with E-state index in [1.54, 1.807) is 39.0 Å². The molecule has 1 aromatic heterocycles. The molecule has 7 atom stereocenters. The van der Waals surface area contributed by atoms with E-state index in [1.807, 2.05) is 0 Å². The minimum Gasteiger partial charge on any atom is -0.471 e. The number of sulfonamides is 1. The summed E-state index contributed by atoms with van der Waals surface area (Å²) < 4.78 is 82.5. The van der Waals surface area contributed by atoms with Crippen molar-refractivity contribution < 1.29 is 55.3 Å². The SMILES string of the molecule is C=C[C@@H]1C[C@]1(NC(=O)[C@@H]1C[C@@H]2CN1C(=O)[C@H](C(C)(C)C)NC(=O)O[C@@H]1COC[C@H]1OC/C=C/C(F)(F)c1nc3ccccc3nc1O2)C(=O)NS(=O)(=O)C1CC1. The van der Waals surface area contributed by atoms with Gasteiger partial charge in [-0.2, -0.15) is 8.78 Å². The molecule has 4 heterocycles. The first-order chi connectivity index (χ1) is 26.4. The Hall–Kier alpha value is -4.75. The molecule has 302 valence electrons. The summed E-state index contributed by atoms with van der Waals surface area (Å²) in [5.41, 5.74) is -3.05. The number of benzene rings is 1. The Kier molecular flexibility index (Phi) is 10.3. The van der Waals surface area contributed by atoms with E-state index in [1.165, 1.54) is 12.1 Å². The van der Waals surface area contributed by atoms with Gasteiger partial charge in [-0.05, 0) is 42.9 Å². The summed E-state index contributed by atoms with van der Waals surface area (Å²) in [4.78, 5) is 65.5. The van der Waals surface area contributed by atoms with Gasteiger partial charge in [0.1, 0.15) is 29.8 Å². The number of rotatable bonds is 6. The second-order valence-electron chi connectivity index (χ2n) is 15.9. The van der Waals surface area contributed by atoms with Crippen LogP contribution < -0.4 is 20.1 Å². The number of fused-ring (bicyclic) bond motifs is 5. The fraction of sp³-hybridized carbons (Fsp3) is 0.568. The first kappa shape index (κ1) is 39.5. The number of halogens is 2. The quantitative estimate of drug-likeness (QED) is 0.360. The van der Waals surface area contributed by atoms with Crippen molar-refractivity contribution in [3.8, 4) is 5.88 Å². The standard InChI is InChI=1S/C37H44F2N6O10S/c1-5-20-16-36(20,33(48)44-56(50,51)22-11-12-22)43-30(46)25-15-21-17-45(25)32(47)29(35(2,3)4)42-34(49)55-27-19-52-18-26(27)53-14-8-13-37(38,39)28-31(54-21)41-24-10-7-6-9-23(24)40-28/h5-10,13,20-22,25-27,29H,1,11-12,14-19H2,2-4H3,(H,42,49)(H,43,46)(H,44,48)/b13-8+/t20-,21-,25+,26-,27-,29-,36-/m1/s1. The molecule has 4 fully saturated rings. The summed E-state index contributed by atoms with van der Waals surface area (Å²) in [6.45, 7) is 8.14. The molecular formula is C37H44F2N6O10S. The predicted octanol–water partition coefficient (Wildman–Crippen LogP) is 2.23. The zero-order chi connectivity index (χ0) is 40.2. The molecule has 3 aliphatic heterocycles. The topological polar surface area (TPSA) is 204 Å². The minimum absolute atomic E-state index is 0.0165. The molecule has 0 spiro atoms. The number of alkyl carbamates (subject to hydrolysis) is 1. The van der Waals surface area contributed by atoms with Crippen molar-refractivity contribution in [2.24, 2.45) is 11.3 Å². The van der Waals surface area contributed by atoms with Gasteiger partial charge in [-0.3, -0.25) is 19.1 Å². The summed E-state index contributed by atoms with van der Waals surface area (Å²) in [6, 6.07) is 3.68. The van der Waals surface area contributed by atoms with E-state index < -0.39 is 104 Å². The summed E-state index contributed by atoms with van der Waals surface area (Å²) >= 11 is 0. The Morgan fingerprint density at radius 3 is 2.43 bits per heavy atom. The van der Waals surface area contributed by atoms with Crippen molar-refractivity contribution in [3.63, 3.8) is 0 Å². The van der Waals surface area contributed by atoms with Crippen molar-refractivity contribution in [2.75, 3.05) is 26.4 Å². The lowest BCUT2D eigenvalue weighted by atomic mass is 9.85. The zero-order valence-electron chi connectivity index (χ0n) is 31.0. The number of hydrogen-bond acceptors (Lipinski definition) is 12. The number of carbonyl (C=O) groups is 4. The highest BCUT2D eigenvalue weighted by atomic mass is 32.2. The monoisotopic (exact) mass is 802 g/mol. The van der Waals surface area contributed by atoms with Gasteiger partial charge in [0.25, 0.3) is 5.91 Å². The number of hydrogen-bond donors (Lipinski definition) is 3. The molecule has 2 saturated heterocycles. The number of para-hydroxylation sites is 2. The van der Waals surface area contributed by atoms with Crippen molar-refractivity contribution >= 4 is 44.9 Å². The van der Waals surface area contributed by atoms with E-state index in [0.29, 0.717) is 18.9 Å². The number of nitrogens with one attached hydrogen (secondary N) is 3. The maximum atomic E-state index is 16.0. The van der Waals surface area contributed by atoms with Gasteiger partial charge in [-0.1, -0.05) is 45.1 Å². The molecule has 2 saturated carbocycles. The summed E-state index contributed by atoms with van der Waals surface area (Å²) in [5.74, 6) is -7.41. The molecule has 1 aromatic carbocycles. The Balaban J connectivity index is 1.26. The van der Waals surface area contributed by atoms with Gasteiger partial charge in [0.15, 0.2) is 11.8 Å². The van der Waals surface area contributed by atoms with E-state index in [9.17, 15) is 27.6 Å². The van der Waals surface area contributed by atoms with Crippen LogP contribution in [0.5, 0.6) is 5.88 Å². The molecule has 56 heavy (non-hydrogen) atoms. The lowest BCUT2D eigenvalue weighted by molar-refractivity contribution is -0.143. The molecular weight excluding hydrogens is 759 g/mol. The number of allylic oxidation sites excluding steroid dienone is 1. The molecule has 4 amide bonds. The number of ether oxygens (including phenoxy) is 4. The maximum absolute atomic E-state index is 16.0. The number of alkyl halides is 2. The van der Waals surface area contributed by atoms with Gasteiger partial charge in [0.05, 0.1) is 42.6 Å². The van der Waals surface area contributed by atoms with Gasteiger partial charge < -0.3 is 34.5 Å². The largest absolute Gasteiger partial charge is 0.471 e. The lowest BCUT2D eigenvalue weighted by Gasteiger charge is -2.35. The first-order valence-corrected chi connectivity index (χ1v) is 19.9. The van der Waals surface area contributed by atoms with Crippen LogP contribution >= 0.6 is 0 Å². The minimum atomic E-state index is -3.98. The van der Waals surface area contributed by atoms with Crippen LogP contribution in [-0.2, 0) is 44.5 Å². The van der Waals surface area contributed by atoms with Crippen LogP contribution in [-0.4, -0.2) is 115 Å². The van der Waals surface area contributed by atoms with Crippen LogP contribution in [0.2, 0.25) is 0 Å². The average Bonchev–Trinajstić information content (AvgIpc) is 4.03. The van der Waals surface area contributed by atoms with Crippen molar-refractivity contribution in [1.29, 1.82) is 0 Å². The Bertz CT molecular complexity index is 2070. The molecule has 7 rings (SSSR count). The van der Waals surface area contributed by atoms with Crippen LogP contribution in [0.4, 0.5) is 13.6 Å². The van der Waals surface area contributed by atoms with Crippen molar-refractivity contribution in [2.45, 2.75) is 93.6 Å². The lowest BCUT2D eigenvalue weighted by Crippen LogP contribution is -2.60. The van der Waals surface area contributed by atoms with E-state index in [2.05, 4.69) is 31.9 Å². The Morgan fingerprint density at radius 1 is 1.07 bits per heavy atom. The molecule has 0 unspecified atom stereocenters. The molecule has 16 nitrogen and oxygen atoms in total. The van der Waals surface area contributed by atoms with Gasteiger partial charge in [-0.25, -0.2) is 23.2 Å². The van der Waals surface area contributed by atoms with Crippen molar-refractivity contribution in [1.82, 2.24) is 30.2 Å². The van der Waals surface area contributed by atoms with E-state index in [4.69, 9.17) is 18.9 Å². The van der Waals surface area contributed by atoms with Crippen LogP contribution in [0.15, 0.2) is 49.1 Å². The summed E-state index contributed by atoms with van der Waals surface area (Å²) in [5, 5.41) is 4.61. The third kappa shape index (κ3) is 7.93. The van der Waals surface area contributed by atoms with Crippen LogP contribution in [0.25, 0.3) is 11.0 Å². The summed E-state index contributed by atoms with van der Waals surface area (Å²) in [6.07, 6.45) is -0.137.